The highest BCUT2D eigenvalue weighted by atomic mass is 16.2. The summed E-state index contributed by atoms with van der Waals surface area (Å²) in [5.41, 5.74) is 1.35. The lowest BCUT2D eigenvalue weighted by Gasteiger charge is -2.51. The molecular formula is C37H48N12O3. The van der Waals surface area contributed by atoms with E-state index in [9.17, 15) is 14.4 Å². The zero-order valence-electron chi connectivity index (χ0n) is 30.1. The second-order valence-electron chi connectivity index (χ2n) is 14.7. The fraction of sp³-hybridized carbons (Fsp3) is 0.514. The molecule has 3 aliphatic carbocycles. The SMILES string of the molecule is CNc1ccc(C(=O)Nc2ccc(N(C)C)nn2)c(NCCC(=O)NC2CCC3(CC2)CC(Nc2ncc4ccc(=O)n(C5CCCC5)c4n2)C3)n1. The zero-order valence-corrected chi connectivity index (χ0v) is 30.1. The van der Waals surface area contributed by atoms with Crippen molar-refractivity contribution in [3.05, 3.63) is 58.5 Å². The van der Waals surface area contributed by atoms with Crippen LogP contribution in [0.25, 0.3) is 11.0 Å². The number of carbonyl (C=O) groups excluding carboxylic acids is 2. The zero-order chi connectivity index (χ0) is 36.2. The van der Waals surface area contributed by atoms with Gasteiger partial charge in [0.05, 0.1) is 5.56 Å². The summed E-state index contributed by atoms with van der Waals surface area (Å²) in [6.45, 7) is 0.321. The van der Waals surface area contributed by atoms with Gasteiger partial charge in [-0.3, -0.25) is 19.0 Å². The largest absolute Gasteiger partial charge is 0.373 e. The molecule has 5 N–H and O–H groups in total. The maximum absolute atomic E-state index is 13.1. The maximum Gasteiger partial charge on any atom is 0.260 e. The van der Waals surface area contributed by atoms with Crippen LogP contribution in [0.4, 0.5) is 29.2 Å². The highest BCUT2D eigenvalue weighted by Gasteiger charge is 2.46. The molecule has 4 aromatic rings. The Kier molecular flexibility index (Phi) is 10.2. The van der Waals surface area contributed by atoms with Crippen molar-refractivity contribution in [1.82, 2.24) is 35.0 Å². The van der Waals surface area contributed by atoms with E-state index < -0.39 is 0 Å². The van der Waals surface area contributed by atoms with E-state index >= 15 is 0 Å². The summed E-state index contributed by atoms with van der Waals surface area (Å²) in [4.78, 5) is 54.6. The van der Waals surface area contributed by atoms with Gasteiger partial charge in [-0.15, -0.1) is 10.2 Å². The summed E-state index contributed by atoms with van der Waals surface area (Å²) in [5.74, 6) is 2.15. The van der Waals surface area contributed by atoms with Crippen molar-refractivity contribution >= 4 is 52.1 Å². The van der Waals surface area contributed by atoms with Gasteiger partial charge in [-0.25, -0.2) is 9.97 Å². The number of fused-ring (bicyclic) bond motifs is 1. The van der Waals surface area contributed by atoms with Crippen molar-refractivity contribution in [3.63, 3.8) is 0 Å². The standard InChI is InChI=1S/C37H48N12O3/c1-38-28-10-9-27(35(52)44-29-11-12-30(47-46-29)48(2)3)33(43-28)39-19-16-31(50)41-24-14-17-37(18-15-24)20-25(21-37)42-36-40-22-23-8-13-32(51)49(34(23)45-36)26-6-4-5-7-26/h8-13,22,24-26H,4-7,14-21H2,1-3H3,(H,41,50)(H2,38,39,43)(H,40,42,45)(H,44,46,52). The molecule has 3 fully saturated rings. The van der Waals surface area contributed by atoms with Crippen LogP contribution in [-0.2, 0) is 4.79 Å². The van der Waals surface area contributed by atoms with Gasteiger partial charge in [0, 0.05) is 69.9 Å². The summed E-state index contributed by atoms with van der Waals surface area (Å²) in [7, 11) is 5.49. The molecule has 0 radical (unpaired) electrons. The van der Waals surface area contributed by atoms with Crippen molar-refractivity contribution in [2.45, 2.75) is 88.8 Å². The predicted molar refractivity (Wildman–Crippen MR) is 202 cm³/mol. The number of hydrogen-bond acceptors (Lipinski definition) is 12. The Morgan fingerprint density at radius 2 is 1.69 bits per heavy atom. The van der Waals surface area contributed by atoms with E-state index in [2.05, 4.69) is 46.7 Å². The average molecular weight is 709 g/mol. The number of nitrogens with one attached hydrogen (secondary N) is 5. The number of pyridine rings is 2. The van der Waals surface area contributed by atoms with E-state index in [1.807, 2.05) is 35.8 Å². The van der Waals surface area contributed by atoms with Crippen LogP contribution in [0.2, 0.25) is 0 Å². The fourth-order valence-electron chi connectivity index (χ4n) is 8.00. The molecule has 0 unspecified atom stereocenters. The molecule has 0 bridgehead atoms. The van der Waals surface area contributed by atoms with Crippen molar-refractivity contribution in [2.24, 2.45) is 5.41 Å². The van der Waals surface area contributed by atoms with Gasteiger partial charge in [0.2, 0.25) is 11.9 Å². The van der Waals surface area contributed by atoms with Crippen molar-refractivity contribution in [3.8, 4) is 0 Å². The number of hydrogen-bond donors (Lipinski definition) is 5. The van der Waals surface area contributed by atoms with Crippen LogP contribution in [0.1, 0.15) is 87.0 Å². The maximum atomic E-state index is 13.1. The van der Waals surface area contributed by atoms with Crippen molar-refractivity contribution in [2.75, 3.05) is 53.9 Å². The molecule has 4 aromatic heterocycles. The van der Waals surface area contributed by atoms with Gasteiger partial charge in [-0.2, -0.15) is 4.98 Å². The van der Waals surface area contributed by atoms with Crippen molar-refractivity contribution in [1.29, 1.82) is 0 Å². The number of anilines is 5. The number of carbonyl (C=O) groups is 2. The van der Waals surface area contributed by atoms with E-state index in [0.29, 0.717) is 47.4 Å². The molecule has 0 aromatic carbocycles. The first-order valence-corrected chi connectivity index (χ1v) is 18.4. The molecule has 15 heteroatoms. The topological polar surface area (TPSA) is 184 Å². The Labute approximate surface area is 302 Å². The molecule has 3 saturated carbocycles. The minimum atomic E-state index is -0.381. The molecule has 0 aliphatic heterocycles. The molecule has 4 heterocycles. The van der Waals surface area contributed by atoms with Crippen LogP contribution in [-0.4, -0.2) is 81.3 Å². The molecule has 0 atom stereocenters. The summed E-state index contributed by atoms with van der Waals surface area (Å²) in [6.07, 6.45) is 12.5. The number of rotatable bonds is 12. The first-order chi connectivity index (χ1) is 25.2. The van der Waals surface area contributed by atoms with E-state index in [0.717, 1.165) is 75.2 Å². The van der Waals surface area contributed by atoms with Crippen LogP contribution in [0.15, 0.2) is 47.4 Å². The first-order valence-electron chi connectivity index (χ1n) is 18.4. The van der Waals surface area contributed by atoms with Gasteiger partial charge < -0.3 is 31.5 Å². The molecule has 2 amide bonds. The van der Waals surface area contributed by atoms with E-state index in [-0.39, 0.29) is 41.3 Å². The number of aromatic nitrogens is 6. The van der Waals surface area contributed by atoms with Gasteiger partial charge in [0.15, 0.2) is 11.6 Å². The predicted octanol–water partition coefficient (Wildman–Crippen LogP) is 4.57. The van der Waals surface area contributed by atoms with E-state index in [4.69, 9.17) is 4.98 Å². The molecule has 7 rings (SSSR count). The lowest BCUT2D eigenvalue weighted by atomic mass is 9.57. The van der Waals surface area contributed by atoms with Gasteiger partial charge in [0.1, 0.15) is 17.3 Å². The molecular weight excluding hydrogens is 660 g/mol. The minimum absolute atomic E-state index is 0.0101. The third-order valence-corrected chi connectivity index (χ3v) is 10.9. The smallest absolute Gasteiger partial charge is 0.260 e. The summed E-state index contributed by atoms with van der Waals surface area (Å²) < 4.78 is 1.88. The number of amides is 2. The molecule has 1 spiro atoms. The van der Waals surface area contributed by atoms with E-state index in [1.165, 1.54) is 0 Å². The fourth-order valence-corrected chi connectivity index (χ4v) is 8.00. The highest BCUT2D eigenvalue weighted by molar-refractivity contribution is 6.07. The Balaban J connectivity index is 0.867. The average Bonchev–Trinajstić information content (AvgIpc) is 3.66. The van der Waals surface area contributed by atoms with Gasteiger partial charge in [-0.1, -0.05) is 12.8 Å². The summed E-state index contributed by atoms with van der Waals surface area (Å²) in [5, 5.41) is 24.8. The first kappa shape index (κ1) is 35.1. The lowest BCUT2D eigenvalue weighted by Crippen LogP contribution is -2.50. The highest BCUT2D eigenvalue weighted by Crippen LogP contribution is 2.52. The van der Waals surface area contributed by atoms with Gasteiger partial charge in [-0.05, 0) is 87.1 Å². The van der Waals surface area contributed by atoms with Crippen LogP contribution in [0.3, 0.4) is 0 Å². The monoisotopic (exact) mass is 708 g/mol. The second-order valence-corrected chi connectivity index (χ2v) is 14.7. The van der Waals surface area contributed by atoms with Gasteiger partial charge >= 0.3 is 0 Å². The summed E-state index contributed by atoms with van der Waals surface area (Å²) >= 11 is 0. The lowest BCUT2D eigenvalue weighted by molar-refractivity contribution is -0.122. The quantitative estimate of drug-likeness (QED) is 0.138. The van der Waals surface area contributed by atoms with Gasteiger partial charge in [0.25, 0.3) is 11.5 Å². The molecule has 52 heavy (non-hydrogen) atoms. The Bertz CT molecular complexity index is 1960. The Hall–Kier alpha value is -5.34. The van der Waals surface area contributed by atoms with E-state index in [1.54, 1.807) is 37.4 Å². The molecule has 15 nitrogen and oxygen atoms in total. The normalized spacial score (nSPS) is 21.4. The Morgan fingerprint density at radius 3 is 2.40 bits per heavy atom. The van der Waals surface area contributed by atoms with Crippen LogP contribution < -0.4 is 37.0 Å². The molecule has 274 valence electrons. The molecule has 0 saturated heterocycles. The second kappa shape index (κ2) is 15.1. The third-order valence-electron chi connectivity index (χ3n) is 10.9. The third kappa shape index (κ3) is 7.77. The summed E-state index contributed by atoms with van der Waals surface area (Å²) in [6, 6.07) is 11.0. The van der Waals surface area contributed by atoms with Crippen molar-refractivity contribution < 1.29 is 9.59 Å². The number of nitrogens with zero attached hydrogens (tertiary/aromatic N) is 7. The minimum Gasteiger partial charge on any atom is -0.373 e. The van der Waals surface area contributed by atoms with Crippen LogP contribution in [0, 0.1) is 5.41 Å². The molecule has 3 aliphatic rings. The van der Waals surface area contributed by atoms with Crippen LogP contribution >= 0.6 is 0 Å². The Morgan fingerprint density at radius 1 is 0.923 bits per heavy atom. The van der Waals surface area contributed by atoms with Crippen LogP contribution in [0.5, 0.6) is 0 Å².